The zero-order chi connectivity index (χ0) is 9.26. The summed E-state index contributed by atoms with van der Waals surface area (Å²) in [6.45, 7) is -0.426. The monoisotopic (exact) mass is 184 g/mol. The lowest BCUT2D eigenvalue weighted by molar-refractivity contribution is 0.161. The molecule has 1 N–H and O–H groups in total. The maximum atomic E-state index is 13.1. The molecule has 2 rings (SSSR count). The number of aliphatic hydroxyl groups is 1. The largest absolute Gasteiger partial charge is 0.454 e. The third-order valence-corrected chi connectivity index (χ3v) is 1.92. The second-order valence-corrected chi connectivity index (χ2v) is 2.73. The molecule has 0 bridgehead atoms. The highest BCUT2D eigenvalue weighted by Crippen LogP contribution is 2.39. The van der Waals surface area contributed by atoms with Crippen molar-refractivity contribution in [3.05, 3.63) is 23.8 Å². The fourth-order valence-electron chi connectivity index (χ4n) is 1.30. The van der Waals surface area contributed by atoms with E-state index in [-0.39, 0.29) is 6.79 Å². The summed E-state index contributed by atoms with van der Waals surface area (Å²) in [5.41, 5.74) is 0.345. The predicted octanol–water partition coefficient (Wildman–Crippen LogP) is 1.42. The number of alkyl halides is 1. The minimum absolute atomic E-state index is 0.116. The van der Waals surface area contributed by atoms with Gasteiger partial charge in [-0.15, -0.1) is 0 Å². The van der Waals surface area contributed by atoms with Crippen molar-refractivity contribution >= 4 is 0 Å². The summed E-state index contributed by atoms with van der Waals surface area (Å²) in [4.78, 5) is 0. The van der Waals surface area contributed by atoms with Crippen LogP contribution in [0.2, 0.25) is 0 Å². The summed E-state index contributed by atoms with van der Waals surface area (Å²) in [5, 5.41) is 8.65. The Morgan fingerprint density at radius 2 is 2.31 bits per heavy atom. The van der Waals surface area contributed by atoms with Gasteiger partial charge in [0.1, 0.15) is 0 Å². The average Bonchev–Trinajstić information content (AvgIpc) is 2.63. The van der Waals surface area contributed by atoms with E-state index in [1.165, 1.54) is 0 Å². The van der Waals surface area contributed by atoms with Crippen LogP contribution in [0, 0.1) is 0 Å². The highest BCUT2D eigenvalue weighted by Gasteiger charge is 2.22. The molecule has 4 heteroatoms. The van der Waals surface area contributed by atoms with Gasteiger partial charge in [-0.25, -0.2) is 4.39 Å². The van der Waals surface area contributed by atoms with Gasteiger partial charge in [0, 0.05) is 5.56 Å². The first-order valence-corrected chi connectivity index (χ1v) is 3.96. The number of ether oxygens (including phenoxy) is 2. The molecule has 1 aromatic carbocycles. The van der Waals surface area contributed by atoms with Crippen LogP contribution in [0.3, 0.4) is 0 Å². The van der Waals surface area contributed by atoms with Crippen molar-refractivity contribution in [3.8, 4) is 11.5 Å². The maximum Gasteiger partial charge on any atom is 0.231 e. The highest BCUT2D eigenvalue weighted by atomic mass is 19.1. The molecule has 1 atom stereocenters. The Morgan fingerprint density at radius 1 is 1.46 bits per heavy atom. The molecule has 0 aliphatic carbocycles. The van der Waals surface area contributed by atoms with Gasteiger partial charge in [-0.1, -0.05) is 12.1 Å². The molecule has 13 heavy (non-hydrogen) atoms. The lowest BCUT2D eigenvalue weighted by Gasteiger charge is -2.07. The van der Waals surface area contributed by atoms with E-state index in [4.69, 9.17) is 14.6 Å². The van der Waals surface area contributed by atoms with Crippen molar-refractivity contribution in [1.82, 2.24) is 0 Å². The molecule has 0 radical (unpaired) electrons. The van der Waals surface area contributed by atoms with Gasteiger partial charge in [0.2, 0.25) is 6.79 Å². The number of rotatable bonds is 2. The molecule has 0 amide bonds. The first kappa shape index (κ1) is 8.31. The van der Waals surface area contributed by atoms with Crippen LogP contribution in [0.15, 0.2) is 18.2 Å². The van der Waals surface area contributed by atoms with E-state index < -0.39 is 12.8 Å². The molecule has 1 aliphatic rings. The maximum absolute atomic E-state index is 13.1. The van der Waals surface area contributed by atoms with Crippen LogP contribution in [-0.2, 0) is 0 Å². The van der Waals surface area contributed by atoms with Gasteiger partial charge in [-0.3, -0.25) is 0 Å². The van der Waals surface area contributed by atoms with E-state index in [2.05, 4.69) is 0 Å². The number of hydrogen-bond acceptors (Lipinski definition) is 3. The number of para-hydroxylation sites is 1. The van der Waals surface area contributed by atoms with Crippen LogP contribution < -0.4 is 9.47 Å². The second-order valence-electron chi connectivity index (χ2n) is 2.73. The lowest BCUT2D eigenvalue weighted by atomic mass is 10.1. The van der Waals surface area contributed by atoms with E-state index in [0.29, 0.717) is 17.1 Å². The summed E-state index contributed by atoms with van der Waals surface area (Å²) < 4.78 is 23.3. The Morgan fingerprint density at radius 3 is 3.08 bits per heavy atom. The van der Waals surface area contributed by atoms with Gasteiger partial charge in [-0.05, 0) is 6.07 Å². The highest BCUT2D eigenvalue weighted by molar-refractivity contribution is 5.49. The molecular weight excluding hydrogens is 175 g/mol. The van der Waals surface area contributed by atoms with E-state index in [0.717, 1.165) is 0 Å². The van der Waals surface area contributed by atoms with Crippen LogP contribution >= 0.6 is 0 Å². The molecule has 0 aromatic heterocycles. The van der Waals surface area contributed by atoms with Gasteiger partial charge in [0.25, 0.3) is 0 Å². The predicted molar refractivity (Wildman–Crippen MR) is 43.5 cm³/mol. The Kier molecular flexibility index (Phi) is 2.06. The summed E-state index contributed by atoms with van der Waals surface area (Å²) in [5.74, 6) is 0.942. The smallest absolute Gasteiger partial charge is 0.231 e. The van der Waals surface area contributed by atoms with Gasteiger partial charge in [0.15, 0.2) is 17.7 Å². The molecule has 1 aromatic rings. The van der Waals surface area contributed by atoms with Crippen LogP contribution in [0.5, 0.6) is 11.5 Å². The Hall–Kier alpha value is -1.29. The van der Waals surface area contributed by atoms with Crippen LogP contribution in [-0.4, -0.2) is 18.5 Å². The molecule has 70 valence electrons. The Labute approximate surface area is 74.7 Å². The number of fused-ring (bicyclic) bond motifs is 1. The van der Waals surface area contributed by atoms with E-state index in [1.807, 2.05) is 0 Å². The third kappa shape index (κ3) is 1.33. The fourth-order valence-corrected chi connectivity index (χ4v) is 1.30. The Bertz CT molecular complexity index is 314. The minimum Gasteiger partial charge on any atom is -0.454 e. The third-order valence-electron chi connectivity index (χ3n) is 1.92. The molecule has 3 nitrogen and oxygen atoms in total. The zero-order valence-corrected chi connectivity index (χ0v) is 6.87. The molecule has 0 spiro atoms. The van der Waals surface area contributed by atoms with Gasteiger partial charge in [0.05, 0.1) is 6.61 Å². The molecule has 0 fully saturated rings. The van der Waals surface area contributed by atoms with Crippen molar-refractivity contribution in [2.75, 3.05) is 13.4 Å². The topological polar surface area (TPSA) is 38.7 Å². The number of benzene rings is 1. The van der Waals surface area contributed by atoms with Crippen molar-refractivity contribution in [1.29, 1.82) is 0 Å². The van der Waals surface area contributed by atoms with E-state index in [9.17, 15) is 4.39 Å². The van der Waals surface area contributed by atoms with Crippen molar-refractivity contribution in [3.63, 3.8) is 0 Å². The van der Waals surface area contributed by atoms with Crippen LogP contribution in [0.25, 0.3) is 0 Å². The summed E-state index contributed by atoms with van der Waals surface area (Å²) >= 11 is 0. The number of halogens is 1. The quantitative estimate of drug-likeness (QED) is 0.755. The number of hydrogen-bond donors (Lipinski definition) is 1. The van der Waals surface area contributed by atoms with Crippen molar-refractivity contribution in [2.24, 2.45) is 0 Å². The lowest BCUT2D eigenvalue weighted by Crippen LogP contribution is -1.99. The average molecular weight is 184 g/mol. The summed E-state index contributed by atoms with van der Waals surface area (Å²) in [6.07, 6.45) is -1.41. The first-order valence-electron chi connectivity index (χ1n) is 3.96. The van der Waals surface area contributed by atoms with Crippen molar-refractivity contribution < 1.29 is 19.0 Å². The molecular formula is C9H9FO3. The zero-order valence-electron chi connectivity index (χ0n) is 6.87. The van der Waals surface area contributed by atoms with E-state index >= 15 is 0 Å². The van der Waals surface area contributed by atoms with E-state index in [1.54, 1.807) is 18.2 Å². The van der Waals surface area contributed by atoms with Gasteiger partial charge < -0.3 is 14.6 Å². The molecule has 1 aliphatic heterocycles. The van der Waals surface area contributed by atoms with Crippen molar-refractivity contribution in [2.45, 2.75) is 6.17 Å². The second kappa shape index (κ2) is 3.22. The molecule has 0 saturated heterocycles. The normalized spacial score (nSPS) is 15.8. The standard InChI is InChI=1S/C9H9FO3/c10-7(4-11)6-2-1-3-8-9(6)13-5-12-8/h1-3,7,11H,4-5H2. The number of aliphatic hydroxyl groups excluding tert-OH is 1. The van der Waals surface area contributed by atoms with Gasteiger partial charge in [-0.2, -0.15) is 0 Å². The molecule has 0 saturated carbocycles. The fraction of sp³-hybridized carbons (Fsp3) is 0.333. The first-order chi connectivity index (χ1) is 6.33. The van der Waals surface area contributed by atoms with Gasteiger partial charge >= 0.3 is 0 Å². The summed E-state index contributed by atoms with van der Waals surface area (Å²) in [6, 6.07) is 4.95. The Balaban J connectivity index is 2.41. The minimum atomic E-state index is -1.41. The summed E-state index contributed by atoms with van der Waals surface area (Å²) in [7, 11) is 0. The molecule has 1 unspecified atom stereocenters. The molecule has 1 heterocycles. The SMILES string of the molecule is OCC(F)c1cccc2c1OCO2. The van der Waals surface area contributed by atoms with Crippen LogP contribution in [0.4, 0.5) is 4.39 Å². The van der Waals surface area contributed by atoms with Crippen LogP contribution in [0.1, 0.15) is 11.7 Å².